The van der Waals surface area contributed by atoms with E-state index in [1.54, 1.807) is 0 Å². The van der Waals surface area contributed by atoms with Gasteiger partial charge in [-0.25, -0.2) is 17.6 Å². The Hall–Kier alpha value is -0.530. The Labute approximate surface area is 68.2 Å². The molecule has 13 heavy (non-hydrogen) atoms. The van der Waals surface area contributed by atoms with Crippen molar-refractivity contribution in [3.05, 3.63) is 0 Å². The summed E-state index contributed by atoms with van der Waals surface area (Å²) in [5.41, 5.74) is -4.62. The Bertz CT molecular complexity index is 167. The third-order valence-corrected chi connectivity index (χ3v) is 1.37. The van der Waals surface area contributed by atoms with Gasteiger partial charge in [0.25, 0.3) is 6.43 Å². The highest BCUT2D eigenvalue weighted by atomic mass is 19.4. The van der Waals surface area contributed by atoms with Crippen molar-refractivity contribution in [2.24, 2.45) is 0 Å². The van der Waals surface area contributed by atoms with Crippen molar-refractivity contribution >= 4 is 0 Å². The summed E-state index contributed by atoms with van der Waals surface area (Å²) in [6.07, 6.45) is -13.8. The molecule has 0 rings (SSSR count). The molecule has 0 fully saturated rings. The van der Waals surface area contributed by atoms with Crippen LogP contribution in [0.1, 0.15) is 0 Å². The van der Waals surface area contributed by atoms with Crippen LogP contribution in [-0.2, 0) is 0 Å². The number of aliphatic hydroxyl groups is 1. The molecule has 0 amide bonds. The average Bonchev–Trinajstić information content (AvgIpc) is 1.99. The number of rotatable bonds is 3. The number of alkyl halides is 7. The van der Waals surface area contributed by atoms with Gasteiger partial charge in [-0.3, -0.25) is 0 Å². The van der Waals surface area contributed by atoms with E-state index in [2.05, 4.69) is 0 Å². The minimum atomic E-state index is -5.77. The largest absolute Gasteiger partial charge is 0.422 e. The van der Waals surface area contributed by atoms with Gasteiger partial charge in [-0.2, -0.15) is 13.2 Å². The van der Waals surface area contributed by atoms with Crippen LogP contribution in [0.2, 0.25) is 0 Å². The SMILES string of the molecule is OC(CF)(C(F)C(F)F)C(F)(F)F. The summed E-state index contributed by atoms with van der Waals surface area (Å²) in [5, 5.41) is 8.24. The third-order valence-electron chi connectivity index (χ3n) is 1.37. The van der Waals surface area contributed by atoms with Crippen molar-refractivity contribution in [3.63, 3.8) is 0 Å². The Balaban J connectivity index is 4.84. The van der Waals surface area contributed by atoms with Crippen molar-refractivity contribution in [2.45, 2.75) is 24.4 Å². The topological polar surface area (TPSA) is 20.2 Å². The molecule has 0 aromatic heterocycles. The summed E-state index contributed by atoms with van der Waals surface area (Å²) in [5.74, 6) is 0. The summed E-state index contributed by atoms with van der Waals surface area (Å²) in [7, 11) is 0. The van der Waals surface area contributed by atoms with Gasteiger partial charge >= 0.3 is 6.18 Å². The van der Waals surface area contributed by atoms with Crippen molar-refractivity contribution in [1.29, 1.82) is 0 Å². The van der Waals surface area contributed by atoms with Gasteiger partial charge in [0.05, 0.1) is 0 Å². The van der Waals surface area contributed by atoms with Crippen LogP contribution in [0, 0.1) is 0 Å². The first kappa shape index (κ1) is 12.5. The standard InChI is InChI=1S/C5H5F7O/c6-1-4(13,5(10,11)12)2(7)3(8)9/h2-3,13H,1H2. The van der Waals surface area contributed by atoms with Crippen molar-refractivity contribution in [2.75, 3.05) is 6.67 Å². The molecule has 0 spiro atoms. The highest BCUT2D eigenvalue weighted by Crippen LogP contribution is 2.37. The van der Waals surface area contributed by atoms with Gasteiger partial charge in [0.15, 0.2) is 0 Å². The van der Waals surface area contributed by atoms with Gasteiger partial charge in [0.1, 0.15) is 6.67 Å². The average molecular weight is 214 g/mol. The molecule has 0 bridgehead atoms. The maximum atomic E-state index is 12.1. The molecule has 8 heteroatoms. The van der Waals surface area contributed by atoms with Crippen molar-refractivity contribution in [3.8, 4) is 0 Å². The zero-order chi connectivity index (χ0) is 10.9. The summed E-state index contributed by atoms with van der Waals surface area (Å²) >= 11 is 0. The van der Waals surface area contributed by atoms with E-state index in [4.69, 9.17) is 5.11 Å². The highest BCUT2D eigenvalue weighted by molar-refractivity contribution is 4.94. The molecule has 0 saturated carbocycles. The lowest BCUT2D eigenvalue weighted by molar-refractivity contribution is -0.296. The fourth-order valence-electron chi connectivity index (χ4n) is 0.514. The first-order chi connectivity index (χ1) is 5.66. The summed E-state index contributed by atoms with van der Waals surface area (Å²) in [6, 6.07) is 0. The molecule has 0 aromatic rings. The van der Waals surface area contributed by atoms with Crippen LogP contribution in [0.5, 0.6) is 0 Å². The van der Waals surface area contributed by atoms with Gasteiger partial charge in [0.2, 0.25) is 11.8 Å². The molecule has 0 aliphatic heterocycles. The number of halogens is 7. The van der Waals surface area contributed by atoms with E-state index in [0.717, 1.165) is 0 Å². The van der Waals surface area contributed by atoms with E-state index in [9.17, 15) is 30.7 Å². The molecule has 0 saturated heterocycles. The minimum Gasteiger partial charge on any atom is -0.376 e. The molecular formula is C5H5F7O. The van der Waals surface area contributed by atoms with Gasteiger partial charge in [0, 0.05) is 0 Å². The van der Waals surface area contributed by atoms with Crippen LogP contribution >= 0.6 is 0 Å². The normalized spacial score (nSPS) is 20.1. The molecule has 0 heterocycles. The van der Waals surface area contributed by atoms with Crippen LogP contribution in [0.15, 0.2) is 0 Å². The Kier molecular flexibility index (Phi) is 3.54. The van der Waals surface area contributed by atoms with E-state index in [0.29, 0.717) is 0 Å². The van der Waals surface area contributed by atoms with Crippen LogP contribution < -0.4 is 0 Å². The predicted molar refractivity (Wildman–Crippen MR) is 27.9 cm³/mol. The maximum Gasteiger partial charge on any atom is 0.422 e. The van der Waals surface area contributed by atoms with E-state index >= 15 is 0 Å². The summed E-state index contributed by atoms with van der Waals surface area (Å²) < 4.78 is 81.6. The first-order valence-corrected chi connectivity index (χ1v) is 2.94. The molecule has 80 valence electrons. The minimum absolute atomic E-state index is 2.65. The Morgan fingerprint density at radius 3 is 1.54 bits per heavy atom. The molecule has 1 nitrogen and oxygen atoms in total. The maximum absolute atomic E-state index is 12.1. The van der Waals surface area contributed by atoms with E-state index < -0.39 is 31.0 Å². The van der Waals surface area contributed by atoms with Gasteiger partial charge < -0.3 is 5.11 Å². The molecule has 0 aliphatic carbocycles. The van der Waals surface area contributed by atoms with Crippen LogP contribution in [0.3, 0.4) is 0 Å². The molecular weight excluding hydrogens is 209 g/mol. The van der Waals surface area contributed by atoms with Crippen LogP contribution in [0.25, 0.3) is 0 Å². The number of hydrogen-bond acceptors (Lipinski definition) is 1. The second-order valence-corrected chi connectivity index (χ2v) is 2.29. The highest BCUT2D eigenvalue weighted by Gasteiger charge is 2.62. The molecule has 2 atom stereocenters. The first-order valence-electron chi connectivity index (χ1n) is 2.94. The Morgan fingerprint density at radius 2 is 1.46 bits per heavy atom. The van der Waals surface area contributed by atoms with E-state index in [1.807, 2.05) is 0 Å². The second-order valence-electron chi connectivity index (χ2n) is 2.29. The lowest BCUT2D eigenvalue weighted by Gasteiger charge is -2.29. The molecule has 2 unspecified atom stereocenters. The summed E-state index contributed by atoms with van der Waals surface area (Å²) in [6.45, 7) is -2.65. The quantitative estimate of drug-likeness (QED) is 0.711. The van der Waals surface area contributed by atoms with Crippen molar-refractivity contribution in [1.82, 2.24) is 0 Å². The predicted octanol–water partition coefficient (Wildman–Crippen LogP) is 1.85. The Morgan fingerprint density at radius 1 is 1.08 bits per heavy atom. The van der Waals surface area contributed by atoms with E-state index in [-0.39, 0.29) is 0 Å². The zero-order valence-electron chi connectivity index (χ0n) is 5.95. The fourth-order valence-corrected chi connectivity index (χ4v) is 0.514. The zero-order valence-corrected chi connectivity index (χ0v) is 5.95. The molecule has 1 N–H and O–H groups in total. The monoisotopic (exact) mass is 214 g/mol. The molecule has 0 radical (unpaired) electrons. The van der Waals surface area contributed by atoms with E-state index in [1.165, 1.54) is 0 Å². The number of hydrogen-bond donors (Lipinski definition) is 1. The summed E-state index contributed by atoms with van der Waals surface area (Å²) in [4.78, 5) is 0. The lowest BCUT2D eigenvalue weighted by atomic mass is 9.99. The second kappa shape index (κ2) is 3.69. The van der Waals surface area contributed by atoms with Crippen LogP contribution in [-0.4, -0.2) is 36.2 Å². The van der Waals surface area contributed by atoms with Gasteiger partial charge in [-0.05, 0) is 0 Å². The van der Waals surface area contributed by atoms with Crippen molar-refractivity contribution < 1.29 is 35.8 Å². The third kappa shape index (κ3) is 2.23. The fraction of sp³-hybridized carbons (Fsp3) is 1.00. The van der Waals surface area contributed by atoms with Gasteiger partial charge in [-0.15, -0.1) is 0 Å². The molecule has 0 aliphatic rings. The van der Waals surface area contributed by atoms with Gasteiger partial charge in [-0.1, -0.05) is 0 Å². The lowest BCUT2D eigenvalue weighted by Crippen LogP contribution is -2.57. The smallest absolute Gasteiger partial charge is 0.376 e. The molecule has 0 aromatic carbocycles. The van der Waals surface area contributed by atoms with Crippen LogP contribution in [0.4, 0.5) is 30.7 Å².